The van der Waals surface area contributed by atoms with E-state index in [1.54, 1.807) is 25.9 Å². The summed E-state index contributed by atoms with van der Waals surface area (Å²) >= 11 is 1.66. The lowest BCUT2D eigenvalue weighted by Gasteiger charge is -2.14. The molecule has 0 aromatic carbocycles. The highest BCUT2D eigenvalue weighted by Gasteiger charge is 2.11. The van der Waals surface area contributed by atoms with Crippen LogP contribution in [-0.2, 0) is 4.79 Å². The molecular formula is C10H22N4O2S. The molecule has 0 spiro atoms. The SMILES string of the molecule is CSCC[C@@H](N)C(=O)NCCNC(=O)N(C)C. The number of urea groups is 1. The number of nitrogens with two attached hydrogens (primary N) is 1. The highest BCUT2D eigenvalue weighted by Crippen LogP contribution is 1.98. The predicted molar refractivity (Wildman–Crippen MR) is 71.1 cm³/mol. The molecule has 1 atom stereocenters. The molecule has 0 aromatic rings. The van der Waals surface area contributed by atoms with Gasteiger partial charge in [0.15, 0.2) is 0 Å². The Bertz CT molecular complexity index is 248. The van der Waals surface area contributed by atoms with Crippen molar-refractivity contribution in [3.05, 3.63) is 0 Å². The molecule has 0 aromatic heterocycles. The van der Waals surface area contributed by atoms with Crippen molar-refractivity contribution in [1.82, 2.24) is 15.5 Å². The van der Waals surface area contributed by atoms with Crippen LogP contribution in [0.5, 0.6) is 0 Å². The number of hydrogen-bond donors (Lipinski definition) is 3. The zero-order valence-electron chi connectivity index (χ0n) is 10.7. The Hall–Kier alpha value is -0.950. The summed E-state index contributed by atoms with van der Waals surface area (Å²) in [5.74, 6) is 0.699. The minimum absolute atomic E-state index is 0.168. The molecule has 0 heterocycles. The summed E-state index contributed by atoms with van der Waals surface area (Å²) in [4.78, 5) is 24.0. The summed E-state index contributed by atoms with van der Waals surface area (Å²) in [6, 6.07) is -0.641. The minimum atomic E-state index is -0.466. The first kappa shape index (κ1) is 16.1. The fraction of sp³-hybridized carbons (Fsp3) is 0.800. The summed E-state index contributed by atoms with van der Waals surface area (Å²) in [7, 11) is 3.32. The molecule has 7 heteroatoms. The molecule has 0 bridgehead atoms. The lowest BCUT2D eigenvalue weighted by Crippen LogP contribution is -2.45. The lowest BCUT2D eigenvalue weighted by molar-refractivity contribution is -0.122. The van der Waals surface area contributed by atoms with Crippen LogP contribution in [0.25, 0.3) is 0 Å². The first-order chi connectivity index (χ1) is 7.99. The fourth-order valence-electron chi connectivity index (χ4n) is 1.02. The van der Waals surface area contributed by atoms with E-state index in [1.165, 1.54) is 4.90 Å². The Morgan fingerprint density at radius 2 is 1.88 bits per heavy atom. The van der Waals surface area contributed by atoms with Gasteiger partial charge in [0.25, 0.3) is 0 Å². The van der Waals surface area contributed by atoms with Gasteiger partial charge in [-0.05, 0) is 18.4 Å². The molecule has 6 nitrogen and oxygen atoms in total. The van der Waals surface area contributed by atoms with Gasteiger partial charge in [0.2, 0.25) is 5.91 Å². The van der Waals surface area contributed by atoms with E-state index in [4.69, 9.17) is 5.73 Å². The third-order valence-electron chi connectivity index (χ3n) is 2.08. The van der Waals surface area contributed by atoms with Crippen molar-refractivity contribution < 1.29 is 9.59 Å². The number of carbonyl (C=O) groups excluding carboxylic acids is 2. The van der Waals surface area contributed by atoms with Gasteiger partial charge in [0.1, 0.15) is 0 Å². The van der Waals surface area contributed by atoms with Crippen molar-refractivity contribution in [2.75, 3.05) is 39.2 Å². The van der Waals surface area contributed by atoms with Crippen LogP contribution in [0.15, 0.2) is 0 Å². The predicted octanol–water partition coefficient (Wildman–Crippen LogP) is -0.546. The van der Waals surface area contributed by atoms with Crippen LogP contribution in [-0.4, -0.2) is 62.1 Å². The maximum Gasteiger partial charge on any atom is 0.316 e. The summed E-state index contributed by atoms with van der Waals surface area (Å²) in [5.41, 5.74) is 5.67. The maximum absolute atomic E-state index is 11.5. The van der Waals surface area contributed by atoms with Crippen LogP contribution in [0.2, 0.25) is 0 Å². The molecule has 0 aliphatic carbocycles. The van der Waals surface area contributed by atoms with Crippen molar-refractivity contribution in [2.24, 2.45) is 5.73 Å². The monoisotopic (exact) mass is 262 g/mol. The second-order valence-corrected chi connectivity index (χ2v) is 4.79. The molecule has 4 N–H and O–H groups in total. The number of nitrogens with one attached hydrogen (secondary N) is 2. The van der Waals surface area contributed by atoms with Crippen LogP contribution < -0.4 is 16.4 Å². The van der Waals surface area contributed by atoms with Gasteiger partial charge in [-0.2, -0.15) is 11.8 Å². The van der Waals surface area contributed by atoms with Crippen LogP contribution in [0.3, 0.4) is 0 Å². The molecule has 0 unspecified atom stereocenters. The topological polar surface area (TPSA) is 87.5 Å². The van der Waals surface area contributed by atoms with Gasteiger partial charge in [-0.15, -0.1) is 0 Å². The quantitative estimate of drug-likeness (QED) is 0.537. The molecular weight excluding hydrogens is 240 g/mol. The Balaban J connectivity index is 3.60. The summed E-state index contributed by atoms with van der Waals surface area (Å²) in [6.07, 6.45) is 2.64. The summed E-state index contributed by atoms with van der Waals surface area (Å²) in [6.45, 7) is 0.795. The van der Waals surface area contributed by atoms with E-state index in [0.717, 1.165) is 5.75 Å². The molecule has 0 aliphatic heterocycles. The molecule has 17 heavy (non-hydrogen) atoms. The van der Waals surface area contributed by atoms with Gasteiger partial charge >= 0.3 is 6.03 Å². The fourth-order valence-corrected chi connectivity index (χ4v) is 1.51. The van der Waals surface area contributed by atoms with Gasteiger partial charge in [-0.25, -0.2) is 4.79 Å². The zero-order chi connectivity index (χ0) is 13.3. The van der Waals surface area contributed by atoms with E-state index in [9.17, 15) is 9.59 Å². The molecule has 0 fully saturated rings. The molecule has 100 valence electrons. The number of rotatable bonds is 7. The van der Waals surface area contributed by atoms with Crippen molar-refractivity contribution in [1.29, 1.82) is 0 Å². The van der Waals surface area contributed by atoms with Crippen molar-refractivity contribution in [3.8, 4) is 0 Å². The van der Waals surface area contributed by atoms with Crippen LogP contribution >= 0.6 is 11.8 Å². The van der Waals surface area contributed by atoms with Gasteiger partial charge in [0, 0.05) is 27.2 Å². The minimum Gasteiger partial charge on any atom is -0.353 e. The van der Waals surface area contributed by atoms with E-state index in [2.05, 4.69) is 10.6 Å². The molecule has 0 aliphatic rings. The Labute approximate surface area is 107 Å². The standard InChI is InChI=1S/C10H22N4O2S/c1-14(2)10(16)13-6-5-12-9(15)8(11)4-7-17-3/h8H,4-7,11H2,1-3H3,(H,12,15)(H,13,16)/t8-/m1/s1. The van der Waals surface area contributed by atoms with E-state index in [0.29, 0.717) is 19.5 Å². The first-order valence-corrected chi connectivity index (χ1v) is 6.85. The Kier molecular flexibility index (Phi) is 8.61. The van der Waals surface area contributed by atoms with Crippen LogP contribution in [0, 0.1) is 0 Å². The van der Waals surface area contributed by atoms with Gasteiger partial charge < -0.3 is 21.3 Å². The van der Waals surface area contributed by atoms with Gasteiger partial charge in [-0.1, -0.05) is 0 Å². The van der Waals surface area contributed by atoms with E-state index < -0.39 is 6.04 Å². The highest BCUT2D eigenvalue weighted by molar-refractivity contribution is 7.98. The molecule has 0 radical (unpaired) electrons. The molecule has 0 saturated heterocycles. The van der Waals surface area contributed by atoms with Crippen LogP contribution in [0.4, 0.5) is 4.79 Å². The highest BCUT2D eigenvalue weighted by atomic mass is 32.2. The third-order valence-corrected chi connectivity index (χ3v) is 2.72. The van der Waals surface area contributed by atoms with Crippen molar-refractivity contribution >= 4 is 23.7 Å². The van der Waals surface area contributed by atoms with E-state index in [-0.39, 0.29) is 11.9 Å². The van der Waals surface area contributed by atoms with Gasteiger partial charge in [0.05, 0.1) is 6.04 Å². The smallest absolute Gasteiger partial charge is 0.316 e. The van der Waals surface area contributed by atoms with Crippen molar-refractivity contribution in [2.45, 2.75) is 12.5 Å². The second-order valence-electron chi connectivity index (χ2n) is 3.81. The summed E-state index contributed by atoms with van der Waals surface area (Å²) in [5, 5.41) is 5.33. The number of hydrogen-bond acceptors (Lipinski definition) is 4. The van der Waals surface area contributed by atoms with E-state index >= 15 is 0 Å². The number of carbonyl (C=O) groups is 2. The average Bonchev–Trinajstić information content (AvgIpc) is 2.30. The molecule has 0 saturated carbocycles. The lowest BCUT2D eigenvalue weighted by atomic mass is 10.2. The Morgan fingerprint density at radius 1 is 1.29 bits per heavy atom. The zero-order valence-corrected chi connectivity index (χ0v) is 11.5. The molecule has 3 amide bonds. The largest absolute Gasteiger partial charge is 0.353 e. The Morgan fingerprint density at radius 3 is 2.41 bits per heavy atom. The number of thioether (sulfide) groups is 1. The third kappa shape index (κ3) is 7.87. The molecule has 0 rings (SSSR count). The number of nitrogens with zero attached hydrogens (tertiary/aromatic N) is 1. The van der Waals surface area contributed by atoms with Crippen molar-refractivity contribution in [3.63, 3.8) is 0 Å². The average molecular weight is 262 g/mol. The van der Waals surface area contributed by atoms with Crippen LogP contribution in [0.1, 0.15) is 6.42 Å². The maximum atomic E-state index is 11.5. The first-order valence-electron chi connectivity index (χ1n) is 5.46. The number of amides is 3. The van der Waals surface area contributed by atoms with E-state index in [1.807, 2.05) is 6.26 Å². The summed E-state index contributed by atoms with van der Waals surface area (Å²) < 4.78 is 0. The second kappa shape index (κ2) is 9.12. The normalized spacial score (nSPS) is 11.8. The van der Waals surface area contributed by atoms with Gasteiger partial charge in [-0.3, -0.25) is 4.79 Å².